The zero-order valence-corrected chi connectivity index (χ0v) is 24.2. The third-order valence-electron chi connectivity index (χ3n) is 6.19. The number of aromatic carboxylic acids is 2. The summed E-state index contributed by atoms with van der Waals surface area (Å²) < 4.78 is 0. The van der Waals surface area contributed by atoms with Crippen molar-refractivity contribution in [3.63, 3.8) is 0 Å². The van der Waals surface area contributed by atoms with Gasteiger partial charge in [0.2, 0.25) is 0 Å². The fraction of sp³-hybridized carbons (Fsp3) is 0.214. The molecule has 6 amide bonds. The van der Waals surface area contributed by atoms with E-state index in [1.807, 2.05) is 0 Å². The van der Waals surface area contributed by atoms with E-state index < -0.39 is 65.1 Å². The first-order valence-corrected chi connectivity index (χ1v) is 13.3. The van der Waals surface area contributed by atoms with E-state index in [1.54, 1.807) is 0 Å². The summed E-state index contributed by atoms with van der Waals surface area (Å²) in [4.78, 5) is 121. The van der Waals surface area contributed by atoms with Gasteiger partial charge in [0.25, 0.3) is 35.4 Å². The number of hydrogen-bond acceptors (Lipinski definition) is 15. The second-order valence-corrected chi connectivity index (χ2v) is 9.67. The first-order valence-electron chi connectivity index (χ1n) is 13.3. The van der Waals surface area contributed by atoms with Crippen LogP contribution in [0.2, 0.25) is 0 Å². The number of hydrogen-bond donors (Lipinski definition) is 5. The lowest BCUT2D eigenvalue weighted by molar-refractivity contribution is -0.173. The molecule has 0 aliphatic carbocycles. The Labute approximate surface area is 266 Å². The fourth-order valence-corrected chi connectivity index (χ4v) is 3.86. The van der Waals surface area contributed by atoms with Crippen LogP contribution in [0.15, 0.2) is 36.4 Å². The number of carboxylic acid groups (broad SMARTS) is 2. The van der Waals surface area contributed by atoms with E-state index in [1.165, 1.54) is 0 Å². The summed E-state index contributed by atoms with van der Waals surface area (Å²) in [6.07, 6.45) is -0.0862. The molecular formula is C28H23N3O17. The molecule has 5 rings (SSSR count). The lowest BCUT2D eigenvalue weighted by Gasteiger charge is -2.14. The minimum atomic E-state index is -1.28. The van der Waals surface area contributed by atoms with E-state index in [4.69, 9.17) is 30.2 Å². The topological polar surface area (TPSA) is 300 Å². The molecular weight excluding hydrogens is 650 g/mol. The van der Waals surface area contributed by atoms with Gasteiger partial charge in [-0.1, -0.05) is 0 Å². The molecule has 5 N–H and O–H groups in total. The van der Waals surface area contributed by atoms with Gasteiger partial charge in [-0.05, 0) is 36.4 Å². The normalized spacial score (nSPS) is 15.5. The van der Waals surface area contributed by atoms with Crippen LogP contribution in [0.25, 0.3) is 0 Å². The van der Waals surface area contributed by atoms with Crippen molar-refractivity contribution in [3.8, 4) is 11.5 Å². The predicted molar refractivity (Wildman–Crippen MR) is 146 cm³/mol. The maximum absolute atomic E-state index is 12.1. The Morgan fingerprint density at radius 2 is 0.750 bits per heavy atom. The molecule has 0 atom stereocenters. The van der Waals surface area contributed by atoms with Crippen LogP contribution < -0.4 is 0 Å². The molecule has 0 bridgehead atoms. The minimum Gasteiger partial charge on any atom is -0.508 e. The van der Waals surface area contributed by atoms with Gasteiger partial charge in [0.1, 0.15) is 11.5 Å². The van der Waals surface area contributed by atoms with Crippen LogP contribution in [0.1, 0.15) is 80.0 Å². The third kappa shape index (κ3) is 8.94. The Morgan fingerprint density at radius 3 is 1.02 bits per heavy atom. The van der Waals surface area contributed by atoms with E-state index in [-0.39, 0.29) is 71.6 Å². The van der Waals surface area contributed by atoms with E-state index >= 15 is 0 Å². The van der Waals surface area contributed by atoms with Crippen LogP contribution in [-0.4, -0.2) is 100 Å². The highest BCUT2D eigenvalue weighted by atomic mass is 16.7. The SMILES string of the molecule is O=C(O)c1cc(O)cc(C(=O)O)c1.O=C(ON1C(=O)CCC1=O)c1cc(O)cc(C(=O)ON2C(=O)CCC2=O)c1.O=C1CCC(=O)N1O. The van der Waals surface area contributed by atoms with Crippen molar-refractivity contribution in [2.45, 2.75) is 38.5 Å². The number of phenols is 2. The van der Waals surface area contributed by atoms with Crippen molar-refractivity contribution < 1.29 is 83.3 Å². The summed E-state index contributed by atoms with van der Waals surface area (Å²) in [5.74, 6) is -9.58. The maximum atomic E-state index is 12.1. The molecule has 3 aliphatic heterocycles. The Balaban J connectivity index is 0.000000244. The quantitative estimate of drug-likeness (QED) is 0.201. The minimum absolute atomic E-state index is 0.0956. The first kappa shape index (κ1) is 35.8. The molecule has 3 aliphatic rings. The number of hydroxylamine groups is 6. The number of carbonyl (C=O) groups is 10. The first-order chi connectivity index (χ1) is 22.5. The summed E-state index contributed by atoms with van der Waals surface area (Å²) >= 11 is 0. The summed E-state index contributed by atoms with van der Waals surface area (Å²) in [6, 6.07) is 5.78. The number of rotatable bonds is 6. The molecule has 20 heteroatoms. The van der Waals surface area contributed by atoms with Crippen molar-refractivity contribution in [2.24, 2.45) is 0 Å². The molecule has 48 heavy (non-hydrogen) atoms. The number of benzene rings is 2. The largest absolute Gasteiger partial charge is 0.508 e. The standard InChI is InChI=1S/C16H12N2O9.C8H6O5.C4H5NO3/c19-10-6-8(15(24)26-17-11(20)1-2-12(17)21)5-9(7-10)16(25)27-18-13(22)3-4-14(18)23;9-6-2-4(7(10)11)1-5(3-6)8(12)13;6-3-1-2-4(7)5(3)8/h5-7,19H,1-4H2;1-3,9H,(H,10,11)(H,12,13);8H,1-2H2. The van der Waals surface area contributed by atoms with Crippen LogP contribution in [0.5, 0.6) is 11.5 Å². The summed E-state index contributed by atoms with van der Waals surface area (Å²) in [5, 5.41) is 44.9. The number of nitrogens with zero attached hydrogens (tertiary/aromatic N) is 3. The van der Waals surface area contributed by atoms with Crippen molar-refractivity contribution >= 4 is 59.3 Å². The average Bonchev–Trinajstić information content (AvgIpc) is 3.63. The predicted octanol–water partition coefficient (Wildman–Crippen LogP) is 0.147. The zero-order valence-electron chi connectivity index (χ0n) is 24.2. The van der Waals surface area contributed by atoms with E-state index in [2.05, 4.69) is 0 Å². The molecule has 2 aromatic rings. The van der Waals surface area contributed by atoms with Gasteiger partial charge in [-0.2, -0.15) is 5.06 Å². The van der Waals surface area contributed by atoms with Crippen LogP contribution in [0.4, 0.5) is 0 Å². The number of aromatic hydroxyl groups is 2. The van der Waals surface area contributed by atoms with Crippen LogP contribution in [-0.2, 0) is 38.4 Å². The van der Waals surface area contributed by atoms with Gasteiger partial charge in [-0.3, -0.25) is 34.0 Å². The highest BCUT2D eigenvalue weighted by Gasteiger charge is 2.35. The molecule has 2 aromatic carbocycles. The van der Waals surface area contributed by atoms with Gasteiger partial charge in [-0.15, -0.1) is 10.1 Å². The Bertz CT molecular complexity index is 1600. The Hall–Kier alpha value is -6.70. The maximum Gasteiger partial charge on any atom is 0.364 e. The monoisotopic (exact) mass is 673 g/mol. The molecule has 0 aromatic heterocycles. The number of carbonyl (C=O) groups excluding carboxylic acids is 8. The molecule has 3 fully saturated rings. The molecule has 0 saturated carbocycles. The fourth-order valence-electron chi connectivity index (χ4n) is 3.86. The van der Waals surface area contributed by atoms with Gasteiger partial charge in [0, 0.05) is 38.5 Å². The number of amides is 6. The van der Waals surface area contributed by atoms with Gasteiger partial charge < -0.3 is 30.1 Å². The van der Waals surface area contributed by atoms with Crippen LogP contribution in [0, 0.1) is 0 Å². The summed E-state index contributed by atoms with van der Waals surface area (Å²) in [5.41, 5.74) is -1.21. The summed E-state index contributed by atoms with van der Waals surface area (Å²) in [7, 11) is 0. The average molecular weight is 673 g/mol. The lowest BCUT2D eigenvalue weighted by atomic mass is 10.1. The number of phenolic OH excluding ortho intramolecular Hbond substituents is 2. The molecule has 0 radical (unpaired) electrons. The Kier molecular flexibility index (Phi) is 11.2. The van der Waals surface area contributed by atoms with Crippen LogP contribution >= 0.6 is 0 Å². The van der Waals surface area contributed by atoms with Gasteiger partial charge in [-0.25, -0.2) is 19.2 Å². The number of carboxylic acids is 2. The zero-order chi connectivity index (χ0) is 35.9. The smallest absolute Gasteiger partial charge is 0.364 e. The molecule has 0 unspecified atom stereocenters. The van der Waals surface area contributed by atoms with Gasteiger partial charge >= 0.3 is 23.9 Å². The van der Waals surface area contributed by atoms with E-state index in [9.17, 15) is 53.1 Å². The van der Waals surface area contributed by atoms with Crippen molar-refractivity contribution in [3.05, 3.63) is 58.7 Å². The summed E-state index contributed by atoms with van der Waals surface area (Å²) in [6.45, 7) is 0. The van der Waals surface area contributed by atoms with Gasteiger partial charge in [0.15, 0.2) is 0 Å². The van der Waals surface area contributed by atoms with Gasteiger partial charge in [0.05, 0.1) is 22.3 Å². The van der Waals surface area contributed by atoms with Crippen LogP contribution in [0.3, 0.4) is 0 Å². The molecule has 0 spiro atoms. The molecule has 3 heterocycles. The highest BCUT2D eigenvalue weighted by Crippen LogP contribution is 2.21. The number of imide groups is 3. The van der Waals surface area contributed by atoms with E-state index in [0.717, 1.165) is 36.4 Å². The Morgan fingerprint density at radius 1 is 0.479 bits per heavy atom. The molecule has 20 nitrogen and oxygen atoms in total. The third-order valence-corrected chi connectivity index (χ3v) is 6.19. The van der Waals surface area contributed by atoms with Crippen molar-refractivity contribution in [2.75, 3.05) is 0 Å². The molecule has 3 saturated heterocycles. The van der Waals surface area contributed by atoms with E-state index in [0.29, 0.717) is 10.1 Å². The second-order valence-electron chi connectivity index (χ2n) is 9.67. The second kappa shape index (κ2) is 15.1. The highest BCUT2D eigenvalue weighted by molar-refractivity contribution is 6.05. The van der Waals surface area contributed by atoms with Crippen molar-refractivity contribution in [1.82, 2.24) is 15.2 Å². The molecule has 252 valence electrons. The lowest BCUT2D eigenvalue weighted by Crippen LogP contribution is -2.32. The van der Waals surface area contributed by atoms with Crippen molar-refractivity contribution in [1.29, 1.82) is 0 Å².